The van der Waals surface area contributed by atoms with E-state index in [0.29, 0.717) is 6.29 Å². The fourth-order valence-corrected chi connectivity index (χ4v) is 4.44. The van der Waals surface area contributed by atoms with Crippen LogP contribution >= 0.6 is 11.8 Å². The molecule has 1 aromatic rings. The van der Waals surface area contributed by atoms with Gasteiger partial charge in [-0.15, -0.1) is 11.8 Å². The molecule has 3 amide bonds. The van der Waals surface area contributed by atoms with E-state index in [1.54, 1.807) is 0 Å². The number of carboxylic acids is 1. The highest BCUT2D eigenvalue weighted by Crippen LogP contribution is 2.43. The fraction of sp³-hybridized carbons (Fsp3) is 0.294. The van der Waals surface area contributed by atoms with Gasteiger partial charge < -0.3 is 34.9 Å². The predicted octanol–water partition coefficient (Wildman–Crippen LogP) is -0.968. The van der Waals surface area contributed by atoms with E-state index in [9.17, 15) is 29.1 Å². The molecule has 2 aliphatic rings. The van der Waals surface area contributed by atoms with Gasteiger partial charge in [0, 0.05) is 5.57 Å². The highest BCUT2D eigenvalue weighted by molar-refractivity contribution is 8.01. The summed E-state index contributed by atoms with van der Waals surface area (Å²) < 4.78 is 9.75. The number of carboxylic acid groups (broad SMARTS) is 1. The summed E-state index contributed by atoms with van der Waals surface area (Å²) in [6.45, 7) is -0.579. The van der Waals surface area contributed by atoms with Crippen molar-refractivity contribution in [1.82, 2.24) is 10.2 Å². The second kappa shape index (κ2) is 8.91. The number of hydrogen-bond acceptors (Lipinski definition) is 10. The molecule has 4 N–H and O–H groups in total. The van der Waals surface area contributed by atoms with Crippen molar-refractivity contribution in [1.29, 1.82) is 0 Å². The van der Waals surface area contributed by atoms with Crippen LogP contribution in [0.1, 0.15) is 5.76 Å². The highest BCUT2D eigenvalue weighted by atomic mass is 32.2. The number of β-lactam (4-membered cyclic amide) rings is 1. The molecule has 0 radical (unpaired) electrons. The molecule has 1 unspecified atom stereocenters. The van der Waals surface area contributed by atoms with Gasteiger partial charge in [0.25, 0.3) is 11.8 Å². The third kappa shape index (κ3) is 4.09. The molecule has 3 atom stereocenters. The lowest BCUT2D eigenvalue weighted by atomic mass is 10.0. The summed E-state index contributed by atoms with van der Waals surface area (Å²) in [7, 11) is 1.22. The molecule has 164 valence electrons. The van der Waals surface area contributed by atoms with E-state index in [0.717, 1.165) is 16.7 Å². The summed E-state index contributed by atoms with van der Waals surface area (Å²) in [5, 5.41) is 13.7. The van der Waals surface area contributed by atoms with Gasteiger partial charge in [-0.1, -0.05) is 5.16 Å². The normalized spacial score (nSPS) is 22.9. The number of primary amides is 1. The number of rotatable bonds is 8. The van der Waals surface area contributed by atoms with Crippen molar-refractivity contribution in [2.75, 3.05) is 13.7 Å². The Balaban J connectivity index is 1.86. The first-order valence-electron chi connectivity index (χ1n) is 8.58. The Kier molecular flexibility index (Phi) is 6.29. The second-order valence-electron chi connectivity index (χ2n) is 6.13. The number of amides is 3. The predicted molar refractivity (Wildman–Crippen MR) is 102 cm³/mol. The molecule has 13 nitrogen and oxygen atoms in total. The van der Waals surface area contributed by atoms with Crippen LogP contribution in [0.15, 0.2) is 39.2 Å². The van der Waals surface area contributed by atoms with Gasteiger partial charge in [-0.3, -0.25) is 14.5 Å². The van der Waals surface area contributed by atoms with Crippen LogP contribution in [-0.4, -0.2) is 76.3 Å². The van der Waals surface area contributed by atoms with Crippen LogP contribution in [-0.2, 0) is 28.8 Å². The van der Waals surface area contributed by atoms with Crippen LogP contribution in [0.5, 0.6) is 0 Å². The molecule has 2 aliphatic heterocycles. The summed E-state index contributed by atoms with van der Waals surface area (Å²) in [5.41, 5.74) is 4.06. The summed E-state index contributed by atoms with van der Waals surface area (Å²) >= 11 is 0.913. The zero-order chi connectivity index (χ0) is 22.7. The van der Waals surface area contributed by atoms with Crippen molar-refractivity contribution in [3.05, 3.63) is 35.4 Å². The SMILES string of the molecule is CO/N=C(/C(=O)N[C@@H]1C(=O)N2C(C(=O)O)=C(COC(N)=O)C(C=O)S[C@H]12)c1ccco1. The van der Waals surface area contributed by atoms with Gasteiger partial charge in [0.15, 0.2) is 5.76 Å². The Morgan fingerprint density at radius 3 is 2.74 bits per heavy atom. The fourth-order valence-electron chi connectivity index (χ4n) is 3.06. The first kappa shape index (κ1) is 21.9. The Morgan fingerprint density at radius 1 is 1.45 bits per heavy atom. The quantitative estimate of drug-likeness (QED) is 0.191. The first-order valence-corrected chi connectivity index (χ1v) is 9.52. The first-order chi connectivity index (χ1) is 14.8. The molecule has 3 rings (SSSR count). The molecule has 1 saturated heterocycles. The zero-order valence-corrected chi connectivity index (χ0v) is 16.7. The average Bonchev–Trinajstić information content (AvgIpc) is 3.27. The van der Waals surface area contributed by atoms with E-state index >= 15 is 0 Å². The van der Waals surface area contributed by atoms with Crippen molar-refractivity contribution < 1.29 is 43.1 Å². The Hall–Kier alpha value is -3.81. The van der Waals surface area contributed by atoms with Crippen molar-refractivity contribution >= 4 is 47.6 Å². The number of furan rings is 1. The Morgan fingerprint density at radius 2 is 2.19 bits per heavy atom. The number of carbonyl (C=O) groups is 5. The molecule has 0 saturated carbocycles. The average molecular weight is 452 g/mol. The third-order valence-corrected chi connectivity index (χ3v) is 5.80. The minimum absolute atomic E-state index is 0.0852. The van der Waals surface area contributed by atoms with Crippen molar-refractivity contribution in [3.8, 4) is 0 Å². The number of hydrogen-bond donors (Lipinski definition) is 3. The molecule has 0 spiro atoms. The van der Waals surface area contributed by atoms with E-state index in [4.69, 9.17) is 10.2 Å². The summed E-state index contributed by atoms with van der Waals surface area (Å²) in [6, 6.07) is 1.83. The Labute approximate surface area is 178 Å². The van der Waals surface area contributed by atoms with E-state index < -0.39 is 52.8 Å². The van der Waals surface area contributed by atoms with Crippen LogP contribution < -0.4 is 11.1 Å². The topological polar surface area (TPSA) is 191 Å². The van der Waals surface area contributed by atoms with E-state index in [-0.39, 0.29) is 17.0 Å². The lowest BCUT2D eigenvalue weighted by Crippen LogP contribution is -2.71. The maximum absolute atomic E-state index is 12.7. The molecular formula is C17H16N4O9S. The van der Waals surface area contributed by atoms with Gasteiger partial charge in [-0.05, 0) is 12.1 Å². The smallest absolute Gasteiger partial charge is 0.404 e. The van der Waals surface area contributed by atoms with Gasteiger partial charge in [-0.25, -0.2) is 9.59 Å². The van der Waals surface area contributed by atoms with Crippen molar-refractivity contribution in [2.45, 2.75) is 16.7 Å². The molecule has 0 bridgehead atoms. The lowest BCUT2D eigenvalue weighted by molar-refractivity contribution is -0.150. The number of ether oxygens (including phenoxy) is 1. The van der Waals surface area contributed by atoms with Crippen LogP contribution in [0.4, 0.5) is 4.79 Å². The maximum Gasteiger partial charge on any atom is 0.404 e. The van der Waals surface area contributed by atoms with Crippen LogP contribution in [0.2, 0.25) is 0 Å². The van der Waals surface area contributed by atoms with Crippen molar-refractivity contribution in [3.63, 3.8) is 0 Å². The maximum atomic E-state index is 12.7. The van der Waals surface area contributed by atoms with Crippen LogP contribution in [0, 0.1) is 0 Å². The molecule has 3 heterocycles. The summed E-state index contributed by atoms with van der Waals surface area (Å²) in [4.78, 5) is 65.1. The summed E-state index contributed by atoms with van der Waals surface area (Å²) in [6.07, 6.45) is 0.597. The number of thioether (sulfide) groups is 1. The molecule has 31 heavy (non-hydrogen) atoms. The number of nitrogens with two attached hydrogens (primary N) is 1. The van der Waals surface area contributed by atoms with Gasteiger partial charge >= 0.3 is 12.1 Å². The molecule has 0 aromatic carbocycles. The minimum atomic E-state index is -1.50. The standard InChI is InChI=1S/C17H16N4O9S/c1-28-20-10(8-3-2-4-29-8)13(23)19-11-14(24)21-12(16(25)26)7(6-30-17(18)27)9(5-22)31-15(11)21/h2-5,9,11,15H,6H2,1H3,(H2,18,27)(H,19,23)(H,25,26)/b20-10+/t9?,11-,15-/m1/s1. The minimum Gasteiger partial charge on any atom is -0.477 e. The second-order valence-corrected chi connectivity index (χ2v) is 7.39. The van der Waals surface area contributed by atoms with Crippen LogP contribution in [0.3, 0.4) is 0 Å². The molecular weight excluding hydrogens is 436 g/mol. The van der Waals surface area contributed by atoms with Crippen molar-refractivity contribution in [2.24, 2.45) is 10.9 Å². The number of aliphatic carboxylic acids is 1. The largest absolute Gasteiger partial charge is 0.477 e. The molecule has 1 aromatic heterocycles. The molecule has 0 aliphatic carbocycles. The van der Waals surface area contributed by atoms with E-state index in [1.165, 1.54) is 25.5 Å². The summed E-state index contributed by atoms with van der Waals surface area (Å²) in [5.74, 6) is -2.96. The van der Waals surface area contributed by atoms with Gasteiger partial charge in [0.2, 0.25) is 5.71 Å². The zero-order valence-electron chi connectivity index (χ0n) is 15.8. The van der Waals surface area contributed by atoms with Gasteiger partial charge in [0.1, 0.15) is 37.1 Å². The van der Waals surface area contributed by atoms with Gasteiger partial charge in [0.05, 0.1) is 11.5 Å². The van der Waals surface area contributed by atoms with E-state index in [2.05, 4.69) is 20.0 Å². The van der Waals surface area contributed by atoms with Gasteiger partial charge in [-0.2, -0.15) is 0 Å². The Bertz CT molecular complexity index is 988. The monoisotopic (exact) mass is 452 g/mol. The number of carbonyl (C=O) groups excluding carboxylic acids is 4. The number of fused-ring (bicyclic) bond motifs is 1. The highest BCUT2D eigenvalue weighted by Gasteiger charge is 2.56. The van der Waals surface area contributed by atoms with Crippen LogP contribution in [0.25, 0.3) is 0 Å². The number of aldehydes is 1. The molecule has 1 fully saturated rings. The number of nitrogens with zero attached hydrogens (tertiary/aromatic N) is 2. The number of nitrogens with one attached hydrogen (secondary N) is 1. The molecule has 14 heteroatoms. The third-order valence-electron chi connectivity index (χ3n) is 4.35. The van der Waals surface area contributed by atoms with E-state index in [1.807, 2.05) is 0 Å². The lowest BCUT2D eigenvalue weighted by Gasteiger charge is -2.50. The number of oxime groups is 1.